The molecule has 3 N–H and O–H groups in total. The lowest BCUT2D eigenvalue weighted by atomic mass is 9.97. The van der Waals surface area contributed by atoms with E-state index in [0.717, 1.165) is 24.8 Å². The zero-order chi connectivity index (χ0) is 29.1. The van der Waals surface area contributed by atoms with Crippen LogP contribution < -0.4 is 10.6 Å². The highest BCUT2D eigenvalue weighted by atomic mass is 16.7. The van der Waals surface area contributed by atoms with Crippen LogP contribution in [0.4, 0.5) is 10.6 Å². The number of carboxylic acids is 1. The van der Waals surface area contributed by atoms with Crippen LogP contribution in [0.25, 0.3) is 17.2 Å². The summed E-state index contributed by atoms with van der Waals surface area (Å²) < 4.78 is 20.4. The first-order valence-corrected chi connectivity index (χ1v) is 14.1. The van der Waals surface area contributed by atoms with E-state index in [1.54, 1.807) is 6.33 Å². The molecule has 2 aliphatic rings. The van der Waals surface area contributed by atoms with Crippen LogP contribution in [0.5, 0.6) is 0 Å². The third kappa shape index (κ3) is 5.63. The number of anilines is 1. The van der Waals surface area contributed by atoms with Gasteiger partial charge in [0.15, 0.2) is 23.3 Å². The number of hydrogen-bond acceptors (Lipinski definition) is 8. The standard InChI is InChI=1S/C30H32N6O6/c1-2-31-30(39)35-27-24-28(33-16-32-27)36(17-34-24)21-15-19(9-6-10-22-20(29(37)38)13-14-40-22)25-26(21)42-23(41-25)12-11-18-7-4-3-5-8-18/h3-5,7-8,11-14,16-17,19,21,23,25-26H,2,6,9-10,15H2,1H3,(H,37,38)(H2,31,32,33,35,39)/b12-11+/t19?,21?,23-,25?,26?/m0/s1. The maximum Gasteiger partial charge on any atom is 0.339 e. The van der Waals surface area contributed by atoms with E-state index in [-0.39, 0.29) is 35.8 Å². The van der Waals surface area contributed by atoms with Gasteiger partial charge in [-0.25, -0.2) is 24.5 Å². The molecule has 0 bridgehead atoms. The van der Waals surface area contributed by atoms with Crippen LogP contribution in [0.2, 0.25) is 0 Å². The fourth-order valence-corrected chi connectivity index (χ4v) is 5.91. The van der Waals surface area contributed by atoms with Gasteiger partial charge in [0, 0.05) is 13.0 Å². The fraction of sp³-hybridized carbons (Fsp3) is 0.367. The van der Waals surface area contributed by atoms with E-state index in [2.05, 4.69) is 25.6 Å². The molecule has 12 nitrogen and oxygen atoms in total. The maximum atomic E-state index is 12.2. The van der Waals surface area contributed by atoms with Crippen LogP contribution in [0.3, 0.4) is 0 Å². The number of imidazole rings is 1. The number of aromatic carboxylic acids is 1. The van der Waals surface area contributed by atoms with E-state index in [1.165, 1.54) is 18.7 Å². The molecule has 2 fully saturated rings. The van der Waals surface area contributed by atoms with E-state index in [9.17, 15) is 14.7 Å². The number of carboxylic acid groups (broad SMARTS) is 1. The zero-order valence-electron chi connectivity index (χ0n) is 23.1. The van der Waals surface area contributed by atoms with E-state index >= 15 is 0 Å². The minimum atomic E-state index is -0.990. The van der Waals surface area contributed by atoms with Gasteiger partial charge in [-0.1, -0.05) is 36.4 Å². The number of amides is 2. The first-order valence-electron chi connectivity index (χ1n) is 14.1. The van der Waals surface area contributed by atoms with Gasteiger partial charge in [-0.3, -0.25) is 5.32 Å². The van der Waals surface area contributed by atoms with E-state index < -0.39 is 12.3 Å². The summed E-state index contributed by atoms with van der Waals surface area (Å²) >= 11 is 0. The van der Waals surface area contributed by atoms with Crippen molar-refractivity contribution < 1.29 is 28.6 Å². The van der Waals surface area contributed by atoms with Crippen molar-refractivity contribution in [1.82, 2.24) is 24.8 Å². The maximum absolute atomic E-state index is 12.2. The number of benzene rings is 1. The molecule has 5 atom stereocenters. The summed E-state index contributed by atoms with van der Waals surface area (Å²) in [6, 6.07) is 11.0. The number of nitrogens with one attached hydrogen (secondary N) is 2. The Balaban J connectivity index is 1.23. The highest BCUT2D eigenvalue weighted by Crippen LogP contribution is 2.47. The number of carbonyl (C=O) groups excluding carboxylic acids is 1. The molecule has 42 heavy (non-hydrogen) atoms. The third-order valence-electron chi connectivity index (χ3n) is 7.78. The Morgan fingerprint density at radius 1 is 1.12 bits per heavy atom. The van der Waals surface area contributed by atoms with Crippen molar-refractivity contribution in [3.05, 3.63) is 78.3 Å². The molecule has 4 unspecified atom stereocenters. The van der Waals surface area contributed by atoms with Crippen molar-refractivity contribution >= 4 is 35.1 Å². The summed E-state index contributed by atoms with van der Waals surface area (Å²) in [7, 11) is 0. The second-order valence-corrected chi connectivity index (χ2v) is 10.4. The molecule has 12 heteroatoms. The van der Waals surface area contributed by atoms with Crippen molar-refractivity contribution in [3.8, 4) is 0 Å². The first kappa shape index (κ1) is 27.6. The van der Waals surface area contributed by atoms with Gasteiger partial charge < -0.3 is 28.9 Å². The van der Waals surface area contributed by atoms with E-state index in [0.29, 0.717) is 35.7 Å². The predicted molar refractivity (Wildman–Crippen MR) is 153 cm³/mol. The number of aryl methyl sites for hydroxylation is 1. The Morgan fingerprint density at radius 3 is 2.76 bits per heavy atom. The van der Waals surface area contributed by atoms with Gasteiger partial charge in [-0.2, -0.15) is 0 Å². The number of ether oxygens (including phenoxy) is 2. The van der Waals surface area contributed by atoms with Crippen molar-refractivity contribution in [2.24, 2.45) is 5.92 Å². The van der Waals surface area contributed by atoms with Gasteiger partial charge in [0.2, 0.25) is 0 Å². The highest BCUT2D eigenvalue weighted by molar-refractivity contribution is 5.95. The molecule has 1 aliphatic carbocycles. The van der Waals surface area contributed by atoms with E-state index in [4.69, 9.17) is 13.9 Å². The molecule has 4 aromatic rings. The van der Waals surface area contributed by atoms with Crippen LogP contribution in [0, 0.1) is 5.92 Å². The number of furan rings is 1. The van der Waals surface area contributed by atoms with Crippen molar-refractivity contribution in [1.29, 1.82) is 0 Å². The summed E-state index contributed by atoms with van der Waals surface area (Å²) in [6.07, 6.45) is 10.3. The number of urea groups is 1. The number of aromatic nitrogens is 4. The average Bonchev–Trinajstić information content (AvgIpc) is 3.77. The monoisotopic (exact) mass is 572 g/mol. The largest absolute Gasteiger partial charge is 0.478 e. The molecule has 0 radical (unpaired) electrons. The average molecular weight is 573 g/mol. The number of nitrogens with zero attached hydrogens (tertiary/aromatic N) is 4. The van der Waals surface area contributed by atoms with Gasteiger partial charge in [0.05, 0.1) is 24.7 Å². The Labute approximate surface area is 241 Å². The summed E-state index contributed by atoms with van der Waals surface area (Å²) in [4.78, 5) is 36.9. The van der Waals surface area contributed by atoms with Crippen LogP contribution in [0.15, 0.2) is 65.8 Å². The molecule has 1 aromatic carbocycles. The smallest absolute Gasteiger partial charge is 0.339 e. The van der Waals surface area contributed by atoms with Crippen LogP contribution in [-0.4, -0.2) is 61.7 Å². The molecule has 6 rings (SSSR count). The zero-order valence-corrected chi connectivity index (χ0v) is 23.1. The lowest BCUT2D eigenvalue weighted by molar-refractivity contribution is -0.0507. The van der Waals surface area contributed by atoms with Gasteiger partial charge in [0.1, 0.15) is 23.8 Å². The number of carbonyl (C=O) groups is 2. The molecule has 4 heterocycles. The molecular weight excluding hydrogens is 540 g/mol. The fourth-order valence-electron chi connectivity index (χ4n) is 5.91. The summed E-state index contributed by atoms with van der Waals surface area (Å²) in [6.45, 7) is 2.32. The highest BCUT2D eigenvalue weighted by Gasteiger charge is 2.51. The Morgan fingerprint density at radius 2 is 1.95 bits per heavy atom. The number of hydrogen-bond donors (Lipinski definition) is 3. The van der Waals surface area contributed by atoms with Crippen LogP contribution >= 0.6 is 0 Å². The summed E-state index contributed by atoms with van der Waals surface area (Å²) in [5.74, 6) is -0.0399. The Kier molecular flexibility index (Phi) is 7.97. The van der Waals surface area contributed by atoms with Gasteiger partial charge in [-0.15, -0.1) is 0 Å². The lowest BCUT2D eigenvalue weighted by Crippen LogP contribution is -2.28. The molecule has 1 aliphatic heterocycles. The summed E-state index contributed by atoms with van der Waals surface area (Å²) in [5, 5.41) is 14.9. The topological polar surface area (TPSA) is 154 Å². The molecular formula is C30H32N6O6. The van der Waals surface area contributed by atoms with Crippen molar-refractivity contribution in [3.63, 3.8) is 0 Å². The molecule has 1 saturated heterocycles. The second kappa shape index (κ2) is 12.1. The van der Waals surface area contributed by atoms with Gasteiger partial charge >= 0.3 is 12.0 Å². The van der Waals surface area contributed by atoms with Crippen molar-refractivity contribution in [2.45, 2.75) is 57.1 Å². The predicted octanol–water partition coefficient (Wildman–Crippen LogP) is 4.67. The minimum Gasteiger partial charge on any atom is -0.478 e. The normalized spacial score (nSPS) is 23.4. The van der Waals surface area contributed by atoms with Gasteiger partial charge in [-0.05, 0) is 49.8 Å². The molecule has 218 valence electrons. The number of rotatable bonds is 10. The Bertz CT molecular complexity index is 1580. The van der Waals surface area contributed by atoms with E-state index in [1.807, 2.05) is 54.0 Å². The molecule has 1 saturated carbocycles. The minimum absolute atomic E-state index is 0.120. The second-order valence-electron chi connectivity index (χ2n) is 10.4. The van der Waals surface area contributed by atoms with Gasteiger partial charge in [0.25, 0.3) is 0 Å². The van der Waals surface area contributed by atoms with Crippen molar-refractivity contribution in [2.75, 3.05) is 11.9 Å². The number of fused-ring (bicyclic) bond motifs is 2. The third-order valence-corrected chi connectivity index (χ3v) is 7.78. The Hall–Kier alpha value is -4.55. The van der Waals surface area contributed by atoms with Crippen LogP contribution in [-0.2, 0) is 15.9 Å². The first-order chi connectivity index (χ1) is 20.5. The molecule has 3 aromatic heterocycles. The molecule has 2 amide bonds. The SMILES string of the molecule is CCNC(=O)Nc1ncnc2c1ncn2C1CC(CCCc2occc2C(=O)O)C2O[C@H](/C=C/c3ccccc3)OC21. The lowest BCUT2D eigenvalue weighted by Gasteiger charge is -2.19. The van der Waals surface area contributed by atoms with Crippen LogP contribution in [0.1, 0.15) is 53.9 Å². The quantitative estimate of drug-likeness (QED) is 0.246. The molecule has 0 spiro atoms. The summed E-state index contributed by atoms with van der Waals surface area (Å²) in [5.41, 5.74) is 2.33.